The van der Waals surface area contributed by atoms with Crippen LogP contribution in [0.15, 0.2) is 41.9 Å². The minimum absolute atomic E-state index is 0.0127. The molecule has 0 radical (unpaired) electrons. The van der Waals surface area contributed by atoms with Gasteiger partial charge < -0.3 is 21.5 Å². The molecule has 6 heteroatoms. The van der Waals surface area contributed by atoms with Crippen LogP contribution >= 0.6 is 11.6 Å². The summed E-state index contributed by atoms with van der Waals surface area (Å²) in [5.41, 5.74) is 14.6. The monoisotopic (exact) mass is 464 g/mol. The van der Waals surface area contributed by atoms with Gasteiger partial charge in [-0.15, -0.1) is 0 Å². The molecule has 0 saturated heterocycles. The Kier molecular flexibility index (Phi) is 17.4. The van der Waals surface area contributed by atoms with Crippen molar-refractivity contribution in [2.24, 2.45) is 16.9 Å². The summed E-state index contributed by atoms with van der Waals surface area (Å²) in [5.74, 6) is 0.342. The molecule has 5 nitrogen and oxygen atoms in total. The van der Waals surface area contributed by atoms with Gasteiger partial charge in [0.05, 0.1) is 22.3 Å². The zero-order chi connectivity index (χ0) is 25.3. The van der Waals surface area contributed by atoms with Crippen LogP contribution in [0.2, 0.25) is 5.02 Å². The van der Waals surface area contributed by atoms with Gasteiger partial charge >= 0.3 is 0 Å². The average molecular weight is 465 g/mol. The number of hydrogen-bond donors (Lipinski definition) is 3. The highest BCUT2D eigenvalue weighted by Gasteiger charge is 2.49. The molecule has 182 valence electrons. The van der Waals surface area contributed by atoms with Gasteiger partial charge in [0.2, 0.25) is 0 Å². The summed E-state index contributed by atoms with van der Waals surface area (Å²) in [6, 6.07) is 7.07. The number of nitriles is 1. The Morgan fingerprint density at radius 2 is 1.78 bits per heavy atom. The summed E-state index contributed by atoms with van der Waals surface area (Å²) in [4.78, 5) is 0. The molecule has 0 amide bonds. The van der Waals surface area contributed by atoms with Crippen LogP contribution in [0.5, 0.6) is 0 Å². The van der Waals surface area contributed by atoms with Crippen LogP contribution in [0, 0.1) is 16.7 Å². The van der Waals surface area contributed by atoms with Crippen LogP contribution in [0.1, 0.15) is 86.6 Å². The number of halogens is 1. The third-order valence-corrected chi connectivity index (χ3v) is 5.14. The molecular formula is C26H45ClN4O. The van der Waals surface area contributed by atoms with Crippen molar-refractivity contribution in [2.45, 2.75) is 87.2 Å². The van der Waals surface area contributed by atoms with Crippen molar-refractivity contribution in [2.75, 3.05) is 11.9 Å². The minimum atomic E-state index is 0.0127. The van der Waals surface area contributed by atoms with Crippen LogP contribution in [0.4, 0.5) is 5.69 Å². The standard InChI is InChI=1S/C19H25ClN4O.C3H8.2C2H6/c1-4-17(19(11-22)7-8-19)25-18(23)12(2)13(3)24-16-6-5-14(10-21)9-15(16)20;1-3-2;2*1-2/h5-6,9,17,24H,3-4,7-8,11,22-23H2,1-2H3;3H2,1-2H3;2*1-2H3/b18-12+;;;. The van der Waals surface area contributed by atoms with E-state index in [0.717, 1.165) is 19.3 Å². The van der Waals surface area contributed by atoms with E-state index >= 15 is 0 Å². The van der Waals surface area contributed by atoms with E-state index in [9.17, 15) is 0 Å². The highest BCUT2D eigenvalue weighted by molar-refractivity contribution is 6.33. The van der Waals surface area contributed by atoms with Crippen LogP contribution in [0.25, 0.3) is 0 Å². The fraction of sp³-hybridized carbons (Fsp3) is 0.577. The Morgan fingerprint density at radius 1 is 1.25 bits per heavy atom. The van der Waals surface area contributed by atoms with E-state index in [0.29, 0.717) is 40.0 Å². The molecule has 1 unspecified atom stereocenters. The lowest BCUT2D eigenvalue weighted by molar-refractivity contribution is 0.0485. The molecule has 0 heterocycles. The van der Waals surface area contributed by atoms with Crippen LogP contribution in [0.3, 0.4) is 0 Å². The second-order valence-corrected chi connectivity index (χ2v) is 7.59. The SMILES string of the molecule is C=C(Nc1ccc(C#N)cc1Cl)/C(C)=C(\N)OC(CC)C1(CN)CC1.CC.CC.CCC. The van der Waals surface area contributed by atoms with Gasteiger partial charge in [-0.25, -0.2) is 0 Å². The number of anilines is 1. The van der Waals surface area contributed by atoms with Gasteiger partial charge in [-0.3, -0.25) is 0 Å². The second kappa shape index (κ2) is 17.4. The quantitative estimate of drug-likeness (QED) is 0.276. The first-order valence-electron chi connectivity index (χ1n) is 11.8. The first-order chi connectivity index (χ1) is 15.3. The highest BCUT2D eigenvalue weighted by atomic mass is 35.5. The average Bonchev–Trinajstić information content (AvgIpc) is 3.62. The second-order valence-electron chi connectivity index (χ2n) is 7.19. The predicted octanol–water partition coefficient (Wildman–Crippen LogP) is 7.33. The summed E-state index contributed by atoms with van der Waals surface area (Å²) < 4.78 is 6.01. The van der Waals surface area contributed by atoms with Gasteiger partial charge in [0.15, 0.2) is 5.88 Å². The van der Waals surface area contributed by atoms with Gasteiger partial charge in [0.1, 0.15) is 6.10 Å². The largest absolute Gasteiger partial charge is 0.475 e. The van der Waals surface area contributed by atoms with E-state index in [-0.39, 0.29) is 11.5 Å². The van der Waals surface area contributed by atoms with Crippen LogP contribution in [-0.4, -0.2) is 12.6 Å². The van der Waals surface area contributed by atoms with E-state index < -0.39 is 0 Å². The third kappa shape index (κ3) is 9.97. The lowest BCUT2D eigenvalue weighted by Gasteiger charge is -2.27. The van der Waals surface area contributed by atoms with E-state index in [1.165, 1.54) is 6.42 Å². The zero-order valence-corrected chi connectivity index (χ0v) is 22.2. The number of nitrogens with two attached hydrogens (primary N) is 2. The number of nitrogens with one attached hydrogen (secondary N) is 1. The van der Waals surface area contributed by atoms with Gasteiger partial charge in [-0.2, -0.15) is 5.26 Å². The molecule has 1 fully saturated rings. The maximum Gasteiger partial charge on any atom is 0.189 e. The van der Waals surface area contributed by atoms with Crippen molar-refractivity contribution in [1.29, 1.82) is 5.26 Å². The van der Waals surface area contributed by atoms with Gasteiger partial charge in [-0.1, -0.05) is 73.1 Å². The molecule has 0 aromatic heterocycles. The molecule has 1 saturated carbocycles. The normalized spacial score (nSPS) is 14.3. The van der Waals surface area contributed by atoms with Crippen molar-refractivity contribution in [3.63, 3.8) is 0 Å². The minimum Gasteiger partial charge on any atom is -0.475 e. The predicted molar refractivity (Wildman–Crippen MR) is 140 cm³/mol. The number of benzene rings is 1. The number of hydrogen-bond acceptors (Lipinski definition) is 5. The summed E-state index contributed by atoms with van der Waals surface area (Å²) >= 11 is 6.18. The Bertz CT molecular complexity index is 749. The maximum atomic E-state index is 8.90. The smallest absolute Gasteiger partial charge is 0.189 e. The van der Waals surface area contributed by atoms with Crippen LogP contribution < -0.4 is 16.8 Å². The topological polar surface area (TPSA) is 97.1 Å². The Hall–Kier alpha value is -2.16. The van der Waals surface area contributed by atoms with Crippen molar-refractivity contribution < 1.29 is 4.74 Å². The molecule has 0 spiro atoms. The molecule has 1 aliphatic carbocycles. The zero-order valence-electron chi connectivity index (χ0n) is 21.4. The molecular weight excluding hydrogens is 420 g/mol. The number of ether oxygens (including phenoxy) is 1. The summed E-state index contributed by atoms with van der Waals surface area (Å²) in [5, 5.41) is 12.5. The Balaban J connectivity index is 0. The Labute approximate surface area is 201 Å². The maximum absolute atomic E-state index is 8.90. The van der Waals surface area contributed by atoms with E-state index in [1.54, 1.807) is 18.2 Å². The van der Waals surface area contributed by atoms with E-state index in [4.69, 9.17) is 33.1 Å². The van der Waals surface area contributed by atoms with E-state index in [1.807, 2.05) is 40.7 Å². The molecule has 1 atom stereocenters. The van der Waals surface area contributed by atoms with E-state index in [2.05, 4.69) is 32.7 Å². The van der Waals surface area contributed by atoms with Crippen molar-refractivity contribution in [1.82, 2.24) is 0 Å². The lowest BCUT2D eigenvalue weighted by Crippen LogP contribution is -2.33. The molecule has 1 aromatic carbocycles. The molecule has 1 aliphatic rings. The van der Waals surface area contributed by atoms with Gasteiger partial charge in [0, 0.05) is 23.2 Å². The van der Waals surface area contributed by atoms with Crippen molar-refractivity contribution in [3.05, 3.63) is 52.5 Å². The van der Waals surface area contributed by atoms with Crippen LogP contribution in [-0.2, 0) is 4.74 Å². The van der Waals surface area contributed by atoms with Gasteiger partial charge in [-0.05, 0) is 44.4 Å². The fourth-order valence-corrected chi connectivity index (χ4v) is 3.02. The molecule has 0 aliphatic heterocycles. The number of rotatable bonds is 8. The summed E-state index contributed by atoms with van der Waals surface area (Å²) in [6.07, 6.45) is 4.27. The molecule has 1 aromatic rings. The molecule has 5 N–H and O–H groups in total. The van der Waals surface area contributed by atoms with Crippen molar-refractivity contribution in [3.8, 4) is 6.07 Å². The van der Waals surface area contributed by atoms with Gasteiger partial charge in [0.25, 0.3) is 0 Å². The van der Waals surface area contributed by atoms with Crippen molar-refractivity contribution >= 4 is 17.3 Å². The summed E-state index contributed by atoms with van der Waals surface area (Å²) in [7, 11) is 0. The molecule has 2 rings (SSSR count). The molecule has 32 heavy (non-hydrogen) atoms. The Morgan fingerprint density at radius 3 is 2.16 bits per heavy atom. The number of nitrogens with zero attached hydrogens (tertiary/aromatic N) is 1. The number of allylic oxidation sites excluding steroid dienone is 1. The fourth-order valence-electron chi connectivity index (χ4n) is 2.79. The molecule has 0 bridgehead atoms. The highest BCUT2D eigenvalue weighted by Crippen LogP contribution is 2.50. The first-order valence-corrected chi connectivity index (χ1v) is 12.1. The third-order valence-electron chi connectivity index (χ3n) is 4.83. The summed E-state index contributed by atoms with van der Waals surface area (Å²) in [6.45, 7) is 20.8. The lowest BCUT2D eigenvalue weighted by atomic mass is 9.97. The first kappa shape index (κ1) is 32.0.